The Balaban J connectivity index is 1.42. The van der Waals surface area contributed by atoms with Crippen LogP contribution in [0.2, 0.25) is 0 Å². The maximum Gasteiger partial charge on any atom is 0.256 e. The zero-order valence-corrected chi connectivity index (χ0v) is 21.0. The SMILES string of the molecule is CCc1ncnc(-c2ccc(C(=O)N3CCN(c4ccccc4)CC3)c(F)c2)c1-c1ccc(N)nc1C. The van der Waals surface area contributed by atoms with Gasteiger partial charge in [-0.1, -0.05) is 31.2 Å². The number of aromatic nitrogens is 3. The first-order valence-electron chi connectivity index (χ1n) is 12.4. The first-order valence-corrected chi connectivity index (χ1v) is 12.4. The van der Waals surface area contributed by atoms with Gasteiger partial charge in [-0.15, -0.1) is 0 Å². The average Bonchev–Trinajstić information content (AvgIpc) is 2.93. The van der Waals surface area contributed by atoms with Crippen LogP contribution in [-0.4, -0.2) is 51.9 Å². The summed E-state index contributed by atoms with van der Waals surface area (Å²) < 4.78 is 15.4. The predicted molar refractivity (Wildman–Crippen MR) is 144 cm³/mol. The van der Waals surface area contributed by atoms with E-state index in [2.05, 4.69) is 32.0 Å². The molecular weight excluding hydrogens is 467 g/mol. The van der Waals surface area contributed by atoms with Gasteiger partial charge in [0.05, 0.1) is 17.0 Å². The quantitative estimate of drug-likeness (QED) is 0.429. The predicted octanol–water partition coefficient (Wildman–Crippen LogP) is 4.76. The van der Waals surface area contributed by atoms with Gasteiger partial charge in [0, 0.05) is 54.3 Å². The van der Waals surface area contributed by atoms with E-state index in [-0.39, 0.29) is 11.5 Å². The number of carbonyl (C=O) groups is 1. The van der Waals surface area contributed by atoms with Crippen LogP contribution >= 0.6 is 0 Å². The van der Waals surface area contributed by atoms with E-state index in [9.17, 15) is 4.79 Å². The third-order valence-electron chi connectivity index (χ3n) is 6.80. The molecule has 2 N–H and O–H groups in total. The number of benzene rings is 2. The largest absolute Gasteiger partial charge is 0.384 e. The monoisotopic (exact) mass is 496 g/mol. The lowest BCUT2D eigenvalue weighted by molar-refractivity contribution is 0.0742. The molecule has 0 saturated carbocycles. The molecule has 1 aliphatic heterocycles. The highest BCUT2D eigenvalue weighted by atomic mass is 19.1. The molecule has 1 fully saturated rings. The molecule has 2 aromatic heterocycles. The number of hydrogen-bond acceptors (Lipinski definition) is 6. The summed E-state index contributed by atoms with van der Waals surface area (Å²) in [4.78, 5) is 30.5. The zero-order chi connectivity index (χ0) is 25.9. The van der Waals surface area contributed by atoms with Gasteiger partial charge in [-0.2, -0.15) is 0 Å². The van der Waals surface area contributed by atoms with Crippen LogP contribution in [0.3, 0.4) is 0 Å². The Morgan fingerprint density at radius 3 is 2.43 bits per heavy atom. The Kier molecular flexibility index (Phi) is 6.81. The lowest BCUT2D eigenvalue weighted by Gasteiger charge is -2.36. The van der Waals surface area contributed by atoms with E-state index >= 15 is 4.39 Å². The number of nitrogen functional groups attached to an aromatic ring is 1. The fourth-order valence-electron chi connectivity index (χ4n) is 4.85. The summed E-state index contributed by atoms with van der Waals surface area (Å²) >= 11 is 0. The second-order valence-electron chi connectivity index (χ2n) is 9.08. The fraction of sp³-hybridized carbons (Fsp3) is 0.241. The van der Waals surface area contributed by atoms with Crippen LogP contribution in [0.25, 0.3) is 22.4 Å². The molecule has 0 unspecified atom stereocenters. The zero-order valence-electron chi connectivity index (χ0n) is 21.0. The molecule has 8 heteroatoms. The number of para-hydroxylation sites is 1. The Morgan fingerprint density at radius 2 is 1.76 bits per heavy atom. The van der Waals surface area contributed by atoms with Crippen LogP contribution in [0.4, 0.5) is 15.9 Å². The smallest absolute Gasteiger partial charge is 0.256 e. The Morgan fingerprint density at radius 1 is 1.00 bits per heavy atom. The van der Waals surface area contributed by atoms with Gasteiger partial charge in [0.25, 0.3) is 5.91 Å². The Bertz CT molecular complexity index is 1430. The molecule has 1 amide bonds. The second kappa shape index (κ2) is 10.3. The maximum absolute atomic E-state index is 15.4. The van der Waals surface area contributed by atoms with Crippen LogP contribution in [0, 0.1) is 12.7 Å². The van der Waals surface area contributed by atoms with Gasteiger partial charge in [-0.05, 0) is 49.7 Å². The van der Waals surface area contributed by atoms with Crippen LogP contribution in [0.1, 0.15) is 28.7 Å². The fourth-order valence-corrected chi connectivity index (χ4v) is 4.85. The van der Waals surface area contributed by atoms with E-state index in [0.717, 1.165) is 28.2 Å². The Hall–Kier alpha value is -4.33. The van der Waals surface area contributed by atoms with E-state index < -0.39 is 5.82 Å². The minimum Gasteiger partial charge on any atom is -0.384 e. The molecule has 0 atom stereocenters. The minimum absolute atomic E-state index is 0.0635. The molecule has 0 radical (unpaired) electrons. The number of rotatable bonds is 5. The van der Waals surface area contributed by atoms with Crippen LogP contribution in [0.15, 0.2) is 67.0 Å². The van der Waals surface area contributed by atoms with Crippen molar-refractivity contribution >= 4 is 17.4 Å². The highest BCUT2D eigenvalue weighted by Gasteiger charge is 2.25. The van der Waals surface area contributed by atoms with Gasteiger partial charge in [0.15, 0.2) is 0 Å². The molecule has 0 bridgehead atoms. The van der Waals surface area contributed by atoms with Gasteiger partial charge in [0.1, 0.15) is 18.0 Å². The molecular formula is C29H29FN6O. The molecule has 0 spiro atoms. The molecule has 0 aliphatic carbocycles. The number of nitrogens with zero attached hydrogens (tertiary/aromatic N) is 5. The molecule has 4 aromatic rings. The highest BCUT2D eigenvalue weighted by Crippen LogP contribution is 2.35. The van der Waals surface area contributed by atoms with Crippen molar-refractivity contribution in [3.63, 3.8) is 0 Å². The first-order chi connectivity index (χ1) is 18.0. The van der Waals surface area contributed by atoms with Crippen molar-refractivity contribution in [3.8, 4) is 22.4 Å². The van der Waals surface area contributed by atoms with Crippen molar-refractivity contribution in [1.82, 2.24) is 19.9 Å². The van der Waals surface area contributed by atoms with Crippen molar-refractivity contribution in [2.75, 3.05) is 36.8 Å². The lowest BCUT2D eigenvalue weighted by atomic mass is 9.95. The highest BCUT2D eigenvalue weighted by molar-refractivity contribution is 5.95. The second-order valence-corrected chi connectivity index (χ2v) is 9.08. The molecule has 2 aromatic carbocycles. The van der Waals surface area contributed by atoms with Crippen molar-refractivity contribution in [3.05, 3.63) is 89.8 Å². The summed E-state index contributed by atoms with van der Waals surface area (Å²) in [5.41, 5.74) is 11.4. The number of piperazine rings is 1. The molecule has 5 rings (SSSR count). The van der Waals surface area contributed by atoms with Gasteiger partial charge in [0.2, 0.25) is 0 Å². The third kappa shape index (κ3) is 4.87. The summed E-state index contributed by atoms with van der Waals surface area (Å²) in [6.07, 6.45) is 2.16. The maximum atomic E-state index is 15.4. The first kappa shape index (κ1) is 24.4. The van der Waals surface area contributed by atoms with Gasteiger partial charge < -0.3 is 15.5 Å². The van der Waals surface area contributed by atoms with Crippen molar-refractivity contribution < 1.29 is 9.18 Å². The number of carbonyl (C=O) groups excluding carboxylic acids is 1. The number of halogens is 1. The number of aryl methyl sites for hydroxylation is 2. The van der Waals surface area contributed by atoms with E-state index in [1.807, 2.05) is 38.1 Å². The Labute approximate surface area is 215 Å². The summed E-state index contributed by atoms with van der Waals surface area (Å²) in [7, 11) is 0. The number of nitrogens with two attached hydrogens (primary N) is 1. The number of hydrogen-bond donors (Lipinski definition) is 1. The van der Waals surface area contributed by atoms with Gasteiger partial charge >= 0.3 is 0 Å². The van der Waals surface area contributed by atoms with E-state index in [1.54, 1.807) is 23.1 Å². The molecule has 188 valence electrons. The molecule has 1 aliphatic rings. The van der Waals surface area contributed by atoms with Gasteiger partial charge in [-0.3, -0.25) is 4.79 Å². The standard InChI is InChI=1S/C29H29FN6O/c1-3-25-27(22-11-12-26(31)34-19(22)2)28(33-18-32-25)20-9-10-23(24(30)17-20)29(37)36-15-13-35(14-16-36)21-7-5-4-6-8-21/h4-12,17-18H,3,13-16H2,1-2H3,(H2,31,34). The van der Waals surface area contributed by atoms with Gasteiger partial charge in [-0.25, -0.2) is 19.3 Å². The van der Waals surface area contributed by atoms with Crippen molar-refractivity contribution in [2.45, 2.75) is 20.3 Å². The minimum atomic E-state index is -0.567. The normalized spacial score (nSPS) is 13.6. The summed E-state index contributed by atoms with van der Waals surface area (Å²) in [5, 5.41) is 0. The van der Waals surface area contributed by atoms with Crippen LogP contribution in [-0.2, 0) is 6.42 Å². The topological polar surface area (TPSA) is 88.2 Å². The van der Waals surface area contributed by atoms with Crippen molar-refractivity contribution in [1.29, 1.82) is 0 Å². The summed E-state index contributed by atoms with van der Waals surface area (Å²) in [6.45, 7) is 6.36. The van der Waals surface area contributed by atoms with Crippen LogP contribution < -0.4 is 10.6 Å². The molecule has 3 heterocycles. The molecule has 7 nitrogen and oxygen atoms in total. The third-order valence-corrected chi connectivity index (χ3v) is 6.80. The molecule has 37 heavy (non-hydrogen) atoms. The summed E-state index contributed by atoms with van der Waals surface area (Å²) in [5.74, 6) is -0.438. The molecule has 1 saturated heterocycles. The van der Waals surface area contributed by atoms with E-state index in [0.29, 0.717) is 49.7 Å². The summed E-state index contributed by atoms with van der Waals surface area (Å²) in [6, 6.07) is 18.4. The average molecular weight is 497 g/mol. The van der Waals surface area contributed by atoms with Crippen molar-refractivity contribution in [2.24, 2.45) is 0 Å². The van der Waals surface area contributed by atoms with E-state index in [1.165, 1.54) is 12.4 Å². The van der Waals surface area contributed by atoms with E-state index in [4.69, 9.17) is 5.73 Å². The lowest BCUT2D eigenvalue weighted by Crippen LogP contribution is -2.49. The van der Waals surface area contributed by atoms with Crippen LogP contribution in [0.5, 0.6) is 0 Å². The number of pyridine rings is 1. The number of amides is 1. The number of anilines is 2.